The van der Waals surface area contributed by atoms with E-state index in [0.717, 1.165) is 5.56 Å². The summed E-state index contributed by atoms with van der Waals surface area (Å²) in [6.45, 7) is 2.04. The van der Waals surface area contributed by atoms with Crippen molar-refractivity contribution in [2.45, 2.75) is 17.2 Å². The number of piperazine rings is 1. The summed E-state index contributed by atoms with van der Waals surface area (Å²) in [5, 5.41) is 11.2. The van der Waals surface area contributed by atoms with Crippen LogP contribution in [0.15, 0.2) is 76.2 Å². The van der Waals surface area contributed by atoms with Crippen molar-refractivity contribution in [3.63, 3.8) is 0 Å². The Morgan fingerprint density at radius 1 is 0.947 bits per heavy atom. The van der Waals surface area contributed by atoms with E-state index in [1.165, 1.54) is 64.6 Å². The Morgan fingerprint density at radius 3 is 2.11 bits per heavy atom. The molecule has 1 aromatic heterocycles. The van der Waals surface area contributed by atoms with Crippen LogP contribution in [0.5, 0.6) is 0 Å². The molecule has 3 amide bonds. The Hall–Kier alpha value is -4.52. The molecule has 38 heavy (non-hydrogen) atoms. The van der Waals surface area contributed by atoms with Crippen molar-refractivity contribution in [2.24, 2.45) is 0 Å². The lowest BCUT2D eigenvalue weighted by Crippen LogP contribution is -2.57. The lowest BCUT2D eigenvalue weighted by atomic mass is 10.1. The molecule has 0 radical (unpaired) electrons. The van der Waals surface area contributed by atoms with E-state index in [9.17, 15) is 32.9 Å². The van der Waals surface area contributed by atoms with Crippen molar-refractivity contribution in [3.05, 3.63) is 93.9 Å². The zero-order valence-electron chi connectivity index (χ0n) is 20.3. The zero-order chi connectivity index (χ0) is 27.4. The van der Waals surface area contributed by atoms with E-state index in [-0.39, 0.29) is 54.0 Å². The molecule has 1 aliphatic rings. The predicted octanol–water partition coefficient (Wildman–Crippen LogP) is 2.01. The molecule has 1 saturated heterocycles. The molecule has 0 aliphatic carbocycles. The van der Waals surface area contributed by atoms with Gasteiger partial charge in [-0.05, 0) is 43.3 Å². The molecular weight excluding hydrogens is 516 g/mol. The first-order valence-corrected chi connectivity index (χ1v) is 13.1. The lowest BCUT2D eigenvalue weighted by molar-refractivity contribution is -0.384. The van der Waals surface area contributed by atoms with Gasteiger partial charge in [-0.1, -0.05) is 17.7 Å². The largest absolute Gasteiger partial charge is 0.459 e. The monoisotopic (exact) mass is 540 g/mol. The van der Waals surface area contributed by atoms with E-state index < -0.39 is 31.9 Å². The normalized spacial score (nSPS) is 14.6. The maximum absolute atomic E-state index is 13.5. The molecule has 1 fully saturated rings. The van der Waals surface area contributed by atoms with Crippen molar-refractivity contribution in [1.82, 2.24) is 15.1 Å². The third-order valence-electron chi connectivity index (χ3n) is 6.09. The number of hydrogen-bond acceptors (Lipinski definition) is 8. The number of carbonyl (C=O) groups is 3. The van der Waals surface area contributed by atoms with Gasteiger partial charge in [0.1, 0.15) is 0 Å². The number of non-ortho nitro benzene ring substituents is 1. The van der Waals surface area contributed by atoms with Crippen molar-refractivity contribution in [1.29, 1.82) is 0 Å². The molecular formula is C25H24N4O8S. The topological polar surface area (TPSA) is 160 Å². The third-order valence-corrected chi connectivity index (χ3v) is 7.96. The molecule has 0 bridgehead atoms. The Morgan fingerprint density at radius 2 is 1.55 bits per heavy atom. The van der Waals surface area contributed by atoms with Gasteiger partial charge in [-0.25, -0.2) is 8.42 Å². The van der Waals surface area contributed by atoms with Crippen LogP contribution in [-0.2, 0) is 14.6 Å². The van der Waals surface area contributed by atoms with Crippen molar-refractivity contribution < 1.29 is 32.1 Å². The quantitative estimate of drug-likeness (QED) is 0.352. The highest BCUT2D eigenvalue weighted by Gasteiger charge is 2.40. The maximum atomic E-state index is 13.5. The fourth-order valence-electron chi connectivity index (χ4n) is 3.94. The lowest BCUT2D eigenvalue weighted by Gasteiger charge is -2.36. The van der Waals surface area contributed by atoms with Crippen LogP contribution in [0.2, 0.25) is 0 Å². The number of nitro benzene ring substituents is 1. The molecule has 3 aromatic rings. The van der Waals surface area contributed by atoms with Crippen LogP contribution in [0.3, 0.4) is 0 Å². The first-order valence-electron chi connectivity index (χ1n) is 11.6. The number of sulfone groups is 1. The second-order valence-electron chi connectivity index (χ2n) is 8.61. The number of rotatable bonds is 7. The first-order chi connectivity index (χ1) is 18.1. The molecule has 198 valence electrons. The van der Waals surface area contributed by atoms with Crippen molar-refractivity contribution in [3.8, 4) is 0 Å². The van der Waals surface area contributed by atoms with Crippen LogP contribution >= 0.6 is 0 Å². The van der Waals surface area contributed by atoms with Crippen LogP contribution in [0.25, 0.3) is 0 Å². The molecule has 0 spiro atoms. The number of amides is 3. The highest BCUT2D eigenvalue weighted by Crippen LogP contribution is 2.20. The van der Waals surface area contributed by atoms with Gasteiger partial charge in [0.2, 0.25) is 15.2 Å². The van der Waals surface area contributed by atoms with Crippen LogP contribution in [0.1, 0.15) is 26.5 Å². The minimum atomic E-state index is -4.34. The molecule has 13 heteroatoms. The predicted molar refractivity (Wildman–Crippen MR) is 134 cm³/mol. The van der Waals surface area contributed by atoms with E-state index in [1.54, 1.807) is 19.1 Å². The Bertz CT molecular complexity index is 1440. The highest BCUT2D eigenvalue weighted by molar-refractivity contribution is 7.92. The van der Waals surface area contributed by atoms with Gasteiger partial charge in [0.15, 0.2) is 5.76 Å². The van der Waals surface area contributed by atoms with E-state index in [2.05, 4.69) is 5.32 Å². The van der Waals surface area contributed by atoms with Crippen LogP contribution in [0.4, 0.5) is 5.69 Å². The second kappa shape index (κ2) is 10.8. The van der Waals surface area contributed by atoms with E-state index in [1.807, 2.05) is 0 Å². The van der Waals surface area contributed by atoms with Crippen LogP contribution in [-0.4, -0.2) is 72.4 Å². The van der Waals surface area contributed by atoms with E-state index >= 15 is 0 Å². The Balaban J connectivity index is 1.51. The summed E-state index contributed by atoms with van der Waals surface area (Å²) in [4.78, 5) is 51.9. The first kappa shape index (κ1) is 26.5. The second-order valence-corrected chi connectivity index (χ2v) is 10.6. The molecule has 0 saturated carbocycles. The number of nitrogens with zero attached hydrogens (tertiary/aromatic N) is 3. The van der Waals surface area contributed by atoms with Crippen molar-refractivity contribution >= 4 is 33.2 Å². The highest BCUT2D eigenvalue weighted by atomic mass is 32.2. The average Bonchev–Trinajstić information content (AvgIpc) is 3.46. The summed E-state index contributed by atoms with van der Waals surface area (Å²) in [5.74, 6) is -2.23. The molecule has 1 atom stereocenters. The number of nitro groups is 1. The van der Waals surface area contributed by atoms with Crippen molar-refractivity contribution in [2.75, 3.05) is 26.2 Å². The third kappa shape index (κ3) is 5.57. The number of nitrogens with one attached hydrogen (secondary N) is 1. The number of aryl methyl sites for hydroxylation is 1. The summed E-state index contributed by atoms with van der Waals surface area (Å²) >= 11 is 0. The Kier molecular flexibility index (Phi) is 7.57. The molecule has 12 nitrogen and oxygen atoms in total. The van der Waals surface area contributed by atoms with Gasteiger partial charge in [-0.15, -0.1) is 0 Å². The minimum absolute atomic E-state index is 0.0219. The fraction of sp³-hybridized carbons (Fsp3) is 0.240. The van der Waals surface area contributed by atoms with Gasteiger partial charge < -0.3 is 19.5 Å². The minimum Gasteiger partial charge on any atom is -0.459 e. The van der Waals surface area contributed by atoms with Gasteiger partial charge in [0.05, 0.1) is 16.1 Å². The Labute approximate surface area is 217 Å². The van der Waals surface area contributed by atoms with Gasteiger partial charge in [0, 0.05) is 43.9 Å². The summed E-state index contributed by atoms with van der Waals surface area (Å²) in [6.07, 6.45) is 1.25. The van der Waals surface area contributed by atoms with Gasteiger partial charge in [-0.3, -0.25) is 24.5 Å². The van der Waals surface area contributed by atoms with Crippen LogP contribution < -0.4 is 5.32 Å². The summed E-state index contributed by atoms with van der Waals surface area (Å²) < 4.78 is 32.0. The molecule has 2 heterocycles. The fourth-order valence-corrected chi connectivity index (χ4v) is 5.40. The molecule has 4 rings (SSSR count). The summed E-state index contributed by atoms with van der Waals surface area (Å²) in [7, 11) is -4.34. The van der Waals surface area contributed by atoms with Gasteiger partial charge >= 0.3 is 0 Å². The van der Waals surface area contributed by atoms with E-state index in [0.29, 0.717) is 0 Å². The van der Waals surface area contributed by atoms with Gasteiger partial charge in [-0.2, -0.15) is 0 Å². The number of hydrogen-bond donors (Lipinski definition) is 1. The SMILES string of the molecule is Cc1ccc(S(=O)(=O)C(NC(=O)c2ccco2)C(=O)N2CCN(C(=O)c3ccc([N+](=O)[O-])cc3)CC2)cc1. The van der Waals surface area contributed by atoms with E-state index in [4.69, 9.17) is 4.42 Å². The number of benzene rings is 2. The number of furan rings is 1. The maximum Gasteiger partial charge on any atom is 0.288 e. The van der Waals surface area contributed by atoms with Gasteiger partial charge in [0.25, 0.3) is 23.4 Å². The molecule has 1 N–H and O–H groups in total. The molecule has 2 aromatic carbocycles. The zero-order valence-corrected chi connectivity index (χ0v) is 21.1. The average molecular weight is 541 g/mol. The summed E-state index contributed by atoms with van der Waals surface area (Å²) in [5.41, 5.74) is 0.926. The summed E-state index contributed by atoms with van der Waals surface area (Å²) in [6, 6.07) is 13.9. The number of carbonyl (C=O) groups excluding carboxylic acids is 3. The molecule has 1 unspecified atom stereocenters. The standard InChI is InChI=1S/C25H24N4O8S/c1-17-4-10-20(11-5-17)38(35,36)23(26-22(30)21-3-2-16-37-21)25(32)28-14-12-27(13-15-28)24(31)18-6-8-19(9-7-18)29(33)34/h2-11,16,23H,12-15H2,1H3,(H,26,30). The smallest absolute Gasteiger partial charge is 0.288 e. The molecule has 1 aliphatic heterocycles. The van der Waals surface area contributed by atoms with Crippen LogP contribution in [0, 0.1) is 17.0 Å².